The van der Waals surface area contributed by atoms with E-state index in [4.69, 9.17) is 38.3 Å². The van der Waals surface area contributed by atoms with Gasteiger partial charge in [0.15, 0.2) is 0 Å². The molecule has 26 aliphatic carbocycles. The summed E-state index contributed by atoms with van der Waals surface area (Å²) in [7, 11) is 0. The SMILES string of the molecule is C.C.C.C.C.C.C.C.C.C.C.C.CC(O)COC(=O)C1CC2CC1C(C)C2C.CC1C(C)C2CC1C1C3CC(C(=O)OC(C)(C)C)C(C3)C21.CC1C(C)C2CC1C1C3CC(C(=O)OC4(C)C5CC6CC(C5)CC4C6)C(C3)C21.CC1C(C)C2CC1C1C3CC(C(=O)OC4CCCCO4)C(C3)C21.CC1C(C)C2CC1C1C3CC(C(=O)OC4CCOC4=O)C(C3)C21.CC1C(C)C2CC1C1C3CC(O)C(C3)C21. The molecule has 15 nitrogen and oxygen atoms in total. The highest BCUT2D eigenvalue weighted by Crippen LogP contribution is 2.78. The van der Waals surface area contributed by atoms with E-state index in [1.54, 1.807) is 6.92 Å². The monoisotopic (exact) mass is 1930 g/mol. The van der Waals surface area contributed by atoms with E-state index in [0.29, 0.717) is 72.2 Å². The van der Waals surface area contributed by atoms with Gasteiger partial charge in [0.25, 0.3) is 0 Å². The minimum absolute atomic E-state index is 0. The molecule has 0 spiro atoms. The predicted molar refractivity (Wildman–Crippen MR) is 560 cm³/mol. The van der Waals surface area contributed by atoms with Crippen LogP contribution in [0.15, 0.2) is 0 Å². The van der Waals surface area contributed by atoms with Crippen LogP contribution in [0.1, 0.15) is 374 Å². The van der Waals surface area contributed by atoms with E-state index in [9.17, 15) is 33.9 Å². The molecular weight excluding hydrogens is 1720 g/mol. The van der Waals surface area contributed by atoms with Crippen LogP contribution in [0.4, 0.5) is 0 Å². The Morgan fingerprint density at radius 1 is 0.348 bits per heavy atom. The Balaban J connectivity index is 0.000000170. The summed E-state index contributed by atoms with van der Waals surface area (Å²) in [5.41, 5.74) is -0.475. The number of esters is 6. The first kappa shape index (κ1) is 117. The van der Waals surface area contributed by atoms with Gasteiger partial charge in [-0.1, -0.05) is 172 Å². The highest BCUT2D eigenvalue weighted by molar-refractivity contribution is 5.82. The minimum atomic E-state index is -0.642. The van der Waals surface area contributed by atoms with Gasteiger partial charge < -0.3 is 43.4 Å². The molecule has 2 saturated heterocycles. The van der Waals surface area contributed by atoms with Crippen LogP contribution in [-0.2, 0) is 61.9 Å². The first-order valence-corrected chi connectivity index (χ1v) is 54.3. The third-order valence-corrected chi connectivity index (χ3v) is 48.1. The predicted octanol–water partition coefficient (Wildman–Crippen LogP) is 28.2. The quantitative estimate of drug-likeness (QED) is 0.118. The van der Waals surface area contributed by atoms with Crippen molar-refractivity contribution in [2.24, 2.45) is 314 Å². The summed E-state index contributed by atoms with van der Waals surface area (Å²) in [6, 6.07) is 0. The van der Waals surface area contributed by atoms with E-state index in [1.807, 2.05) is 20.8 Å². The van der Waals surface area contributed by atoms with Gasteiger partial charge in [-0.05, 0) is 473 Å². The molecule has 28 aliphatic rings. The Morgan fingerprint density at radius 2 is 0.667 bits per heavy atom. The first-order valence-electron chi connectivity index (χ1n) is 54.3. The van der Waals surface area contributed by atoms with Crippen molar-refractivity contribution in [3.8, 4) is 0 Å². The molecule has 2 aliphatic heterocycles. The molecule has 15 heteroatoms. The molecule has 2 heterocycles. The van der Waals surface area contributed by atoms with E-state index in [0.717, 1.165) is 289 Å². The van der Waals surface area contributed by atoms with Crippen LogP contribution in [0.25, 0.3) is 0 Å². The molecule has 26 saturated carbocycles. The molecule has 28 rings (SSSR count). The molecule has 2 N–H and O–H groups in total. The normalized spacial score (nSPS) is 52.9. The van der Waals surface area contributed by atoms with Crippen LogP contribution >= 0.6 is 0 Å². The molecule has 28 fully saturated rings. The molecule has 0 aromatic rings. The summed E-state index contributed by atoms with van der Waals surface area (Å²) in [5, 5.41) is 19.1. The van der Waals surface area contributed by atoms with Crippen molar-refractivity contribution in [1.29, 1.82) is 0 Å². The average molecular weight is 1940 g/mol. The lowest BCUT2D eigenvalue weighted by atomic mass is 9.50. The number of aliphatic hydroxyl groups excluding tert-OH is 2. The summed E-state index contributed by atoms with van der Waals surface area (Å²) in [5.74, 6) is 40.8. The molecule has 0 amide bonds. The van der Waals surface area contributed by atoms with E-state index >= 15 is 0 Å². The Morgan fingerprint density at radius 3 is 1.01 bits per heavy atom. The third kappa shape index (κ3) is 18.4. The maximum absolute atomic E-state index is 13.6. The summed E-state index contributed by atoms with van der Waals surface area (Å²) in [6.45, 7) is 40.4. The van der Waals surface area contributed by atoms with Crippen molar-refractivity contribution in [3.63, 3.8) is 0 Å². The van der Waals surface area contributed by atoms with Crippen LogP contribution in [0, 0.1) is 314 Å². The van der Waals surface area contributed by atoms with Crippen molar-refractivity contribution < 1.29 is 72.1 Å². The second-order valence-corrected chi connectivity index (χ2v) is 52.9. The van der Waals surface area contributed by atoms with Crippen LogP contribution in [0.5, 0.6) is 0 Å². The first-order chi connectivity index (χ1) is 60.1. The summed E-state index contributed by atoms with van der Waals surface area (Å²) >= 11 is 0. The number of cyclic esters (lactones) is 1. The Kier molecular flexibility index (Phi) is 36.4. The number of hydrogen-bond donors (Lipinski definition) is 2. The van der Waals surface area contributed by atoms with Gasteiger partial charge in [0.1, 0.15) is 17.8 Å². The Bertz CT molecular complexity index is 4070. The molecule has 53 atom stereocenters. The van der Waals surface area contributed by atoms with Gasteiger partial charge in [0, 0.05) is 12.8 Å². The topological polar surface area (TPSA) is 207 Å². The van der Waals surface area contributed by atoms with Gasteiger partial charge in [-0.15, -0.1) is 0 Å². The fraction of sp³-hybridized carbons (Fsp3) is 0.951. The molecule has 0 radical (unpaired) electrons. The zero-order valence-corrected chi connectivity index (χ0v) is 80.6. The van der Waals surface area contributed by atoms with Gasteiger partial charge in [0.2, 0.25) is 12.4 Å². The molecule has 26 bridgehead atoms. The molecule has 53 unspecified atom stereocenters. The Labute approximate surface area is 846 Å². The molecule has 138 heavy (non-hydrogen) atoms. The standard InChI is InChI=1S/C26H38O2.C20H30O3.C19H26O4.C19H30O2.C14H22O.C13H22O3.12CH4/c1-12-13(2)20-11-19(12)23-16-9-21(24(20)23)22(10-16)25(27)28-26(3)17-5-14-4-15(7-17)8-18(26)6-14;1-10-11(2)14-9-13(10)18-12-7-15(19(14)18)16(8-12)20(21)23-17-5-3-4-6-22-17;1-8-9(2)12-7-11(8)16-10-5-13(17(12)16)14(6-10)18(20)23-15-3-4-22-19(15)21;1-9-10(2)13-8-12(9)16-11-6-14(17(13)16)15(7-11)18(20)21-19(3,4)5;1-6-7(2)10-5-9(6)13-8-3-11(14(10)13)12(15)4-8;1-7(14)6-16-13(15)12-5-10-4-11(12)9(3)8(10)2;;;;;;;;;;;;/h12-24H,4-11H2,1-3H3;10-19H,3-9H2,1-2H3;8-17H,3-7H2,1-2H3;9-17H,6-8H2,1-5H3;6-15H,3-5H2,1-2H3;7-12,14H,4-6H2,1-3H3;12*1H4. The zero-order valence-electron chi connectivity index (χ0n) is 80.6. The number of carbonyl (C=O) groups excluding carboxylic acids is 6. The zero-order chi connectivity index (χ0) is 87.8. The van der Waals surface area contributed by atoms with Crippen LogP contribution in [0.2, 0.25) is 0 Å². The lowest BCUT2D eigenvalue weighted by Crippen LogP contribution is -2.58. The van der Waals surface area contributed by atoms with E-state index in [1.165, 1.54) is 103 Å². The van der Waals surface area contributed by atoms with Crippen molar-refractivity contribution in [3.05, 3.63) is 0 Å². The maximum atomic E-state index is 13.6. The lowest BCUT2D eigenvalue weighted by molar-refractivity contribution is -0.209. The van der Waals surface area contributed by atoms with Gasteiger partial charge in [-0.2, -0.15) is 0 Å². The van der Waals surface area contributed by atoms with Crippen LogP contribution in [-0.4, -0.2) is 102 Å². The number of aliphatic hydroxyl groups is 2. The Hall–Kier alpha value is -3.30. The summed E-state index contributed by atoms with van der Waals surface area (Å²) < 4.78 is 39.2. The van der Waals surface area contributed by atoms with Gasteiger partial charge in [0.05, 0.1) is 55.0 Å². The minimum Gasteiger partial charge on any atom is -0.463 e. The molecule has 0 aromatic carbocycles. The lowest BCUT2D eigenvalue weighted by Gasteiger charge is -2.59. The second kappa shape index (κ2) is 43.1. The van der Waals surface area contributed by atoms with Crippen LogP contribution in [0.3, 0.4) is 0 Å². The number of hydrogen-bond acceptors (Lipinski definition) is 15. The fourth-order valence-electron chi connectivity index (χ4n) is 42.5. The van der Waals surface area contributed by atoms with Crippen molar-refractivity contribution in [2.75, 3.05) is 19.8 Å². The number of rotatable bonds is 10. The van der Waals surface area contributed by atoms with E-state index < -0.39 is 12.2 Å². The highest BCUT2D eigenvalue weighted by Gasteiger charge is 2.73. The highest BCUT2D eigenvalue weighted by atomic mass is 16.7. The van der Waals surface area contributed by atoms with Gasteiger partial charge in [-0.3, -0.25) is 24.0 Å². The van der Waals surface area contributed by atoms with Gasteiger partial charge in [-0.25, -0.2) is 4.79 Å². The number of ether oxygens (including phenoxy) is 7. The fourth-order valence-corrected chi connectivity index (χ4v) is 42.5. The van der Waals surface area contributed by atoms with Crippen LogP contribution < -0.4 is 0 Å². The summed E-state index contributed by atoms with van der Waals surface area (Å²) in [6.07, 6.45) is 30.5. The third-order valence-electron chi connectivity index (χ3n) is 48.1. The van der Waals surface area contributed by atoms with E-state index in [-0.39, 0.29) is 185 Å². The molecular formula is C123H216O15. The van der Waals surface area contributed by atoms with Gasteiger partial charge >= 0.3 is 35.8 Å². The number of carbonyl (C=O) groups is 6. The van der Waals surface area contributed by atoms with E-state index in [2.05, 4.69) is 90.0 Å². The maximum Gasteiger partial charge on any atom is 0.347 e. The molecule has 0 aromatic heterocycles. The number of fused-ring (bicyclic) bond motifs is 47. The average Bonchev–Trinajstić information content (AvgIpc) is 1.40. The largest absolute Gasteiger partial charge is 0.463 e. The smallest absolute Gasteiger partial charge is 0.347 e. The van der Waals surface area contributed by atoms with Crippen molar-refractivity contribution >= 4 is 35.8 Å². The van der Waals surface area contributed by atoms with Crippen molar-refractivity contribution in [1.82, 2.24) is 0 Å². The van der Waals surface area contributed by atoms with Crippen molar-refractivity contribution in [2.45, 2.75) is 410 Å². The summed E-state index contributed by atoms with van der Waals surface area (Å²) in [4.78, 5) is 74.9. The molecule has 798 valence electrons. The second-order valence-electron chi connectivity index (χ2n) is 52.9.